The van der Waals surface area contributed by atoms with Crippen molar-refractivity contribution in [3.8, 4) is 11.1 Å². The molecule has 1 amide bonds. The first-order valence-corrected chi connectivity index (χ1v) is 8.69. The molecule has 4 nitrogen and oxygen atoms in total. The van der Waals surface area contributed by atoms with Crippen molar-refractivity contribution in [2.75, 3.05) is 6.54 Å². The lowest BCUT2D eigenvalue weighted by molar-refractivity contribution is -0.145. The Morgan fingerprint density at radius 2 is 1.56 bits per heavy atom. The van der Waals surface area contributed by atoms with Crippen LogP contribution >= 0.6 is 0 Å². The van der Waals surface area contributed by atoms with Crippen molar-refractivity contribution >= 4 is 11.9 Å². The molecule has 1 N–H and O–H groups in total. The van der Waals surface area contributed by atoms with Crippen molar-refractivity contribution in [2.45, 2.75) is 39.2 Å². The third kappa shape index (κ3) is 7.21. The smallest absolute Gasteiger partial charge is 0.306 e. The maximum absolute atomic E-state index is 11.8. The highest BCUT2D eigenvalue weighted by Crippen LogP contribution is 2.19. The standard InChI is InChI=1S/C21H25NO3/c1-17(23)22-15-7-3-6-10-21(24)25-16-18-11-13-20(14-12-18)19-8-4-2-5-9-19/h2,4-5,8-9,11-14H,3,6-7,10,15-16H2,1H3,(H,22,23). The molecular weight excluding hydrogens is 314 g/mol. The van der Waals surface area contributed by atoms with E-state index < -0.39 is 0 Å². The number of nitrogens with one attached hydrogen (secondary N) is 1. The van der Waals surface area contributed by atoms with Crippen molar-refractivity contribution < 1.29 is 14.3 Å². The van der Waals surface area contributed by atoms with Crippen LogP contribution in [0.1, 0.15) is 38.2 Å². The predicted octanol–water partition coefficient (Wildman–Crippen LogP) is 4.09. The minimum atomic E-state index is -0.174. The molecule has 0 aliphatic rings. The number of amides is 1. The van der Waals surface area contributed by atoms with Crippen LogP contribution in [-0.4, -0.2) is 18.4 Å². The lowest BCUT2D eigenvalue weighted by Crippen LogP contribution is -2.20. The van der Waals surface area contributed by atoms with Crippen LogP contribution in [0.5, 0.6) is 0 Å². The van der Waals surface area contributed by atoms with E-state index in [0.29, 0.717) is 19.6 Å². The molecule has 0 fully saturated rings. The molecule has 0 atom stereocenters. The van der Waals surface area contributed by atoms with Crippen LogP contribution < -0.4 is 5.32 Å². The van der Waals surface area contributed by atoms with Gasteiger partial charge in [-0.05, 0) is 29.5 Å². The van der Waals surface area contributed by atoms with Crippen LogP contribution in [0.15, 0.2) is 54.6 Å². The lowest BCUT2D eigenvalue weighted by Gasteiger charge is -2.07. The molecule has 0 radical (unpaired) electrons. The zero-order valence-electron chi connectivity index (χ0n) is 14.7. The summed E-state index contributed by atoms with van der Waals surface area (Å²) in [6, 6.07) is 18.2. The molecule has 4 heteroatoms. The molecule has 2 aromatic rings. The summed E-state index contributed by atoms with van der Waals surface area (Å²) in [5.41, 5.74) is 3.30. The van der Waals surface area contributed by atoms with E-state index in [9.17, 15) is 9.59 Å². The number of ether oxygens (including phenoxy) is 1. The molecular formula is C21H25NO3. The third-order valence-corrected chi connectivity index (χ3v) is 3.89. The number of benzene rings is 2. The summed E-state index contributed by atoms with van der Waals surface area (Å²) in [5.74, 6) is -0.190. The number of carbonyl (C=O) groups is 2. The van der Waals surface area contributed by atoms with E-state index in [4.69, 9.17) is 4.74 Å². The van der Waals surface area contributed by atoms with E-state index in [-0.39, 0.29) is 11.9 Å². The highest BCUT2D eigenvalue weighted by Gasteiger charge is 2.04. The van der Waals surface area contributed by atoms with Gasteiger partial charge < -0.3 is 10.1 Å². The number of carbonyl (C=O) groups excluding carboxylic acids is 2. The van der Waals surface area contributed by atoms with Gasteiger partial charge >= 0.3 is 5.97 Å². The molecule has 2 rings (SSSR count). The summed E-state index contributed by atoms with van der Waals surface area (Å²) in [7, 11) is 0. The number of hydrogen-bond acceptors (Lipinski definition) is 3. The van der Waals surface area contributed by atoms with Gasteiger partial charge in [-0.15, -0.1) is 0 Å². The molecule has 0 bridgehead atoms. The summed E-state index contributed by atoms with van der Waals surface area (Å²) >= 11 is 0. The molecule has 0 spiro atoms. The summed E-state index contributed by atoms with van der Waals surface area (Å²) in [4.78, 5) is 22.5. The van der Waals surface area contributed by atoms with Gasteiger partial charge in [-0.25, -0.2) is 0 Å². The van der Waals surface area contributed by atoms with E-state index in [1.54, 1.807) is 0 Å². The molecule has 2 aromatic carbocycles. The molecule has 0 aromatic heterocycles. The minimum Gasteiger partial charge on any atom is -0.461 e. The molecule has 0 aliphatic carbocycles. The van der Waals surface area contributed by atoms with Gasteiger partial charge in [-0.3, -0.25) is 9.59 Å². The highest BCUT2D eigenvalue weighted by molar-refractivity contribution is 5.72. The Hall–Kier alpha value is -2.62. The fourth-order valence-corrected chi connectivity index (χ4v) is 2.50. The zero-order chi connectivity index (χ0) is 17.9. The summed E-state index contributed by atoms with van der Waals surface area (Å²) in [6.07, 6.45) is 2.99. The Morgan fingerprint density at radius 3 is 2.24 bits per heavy atom. The van der Waals surface area contributed by atoms with Gasteiger partial charge in [0.05, 0.1) is 0 Å². The Labute approximate surface area is 149 Å². The quantitative estimate of drug-likeness (QED) is 0.553. The molecule has 0 heterocycles. The van der Waals surface area contributed by atoms with Crippen molar-refractivity contribution in [1.29, 1.82) is 0 Å². The van der Waals surface area contributed by atoms with Crippen molar-refractivity contribution in [2.24, 2.45) is 0 Å². The van der Waals surface area contributed by atoms with Gasteiger partial charge in [0.2, 0.25) is 5.91 Å². The second-order valence-corrected chi connectivity index (χ2v) is 6.02. The number of rotatable bonds is 9. The molecule has 0 saturated heterocycles. The van der Waals surface area contributed by atoms with Crippen LogP contribution in [0.2, 0.25) is 0 Å². The van der Waals surface area contributed by atoms with Gasteiger partial charge in [-0.1, -0.05) is 61.0 Å². The molecule has 132 valence electrons. The van der Waals surface area contributed by atoms with Crippen LogP contribution in [0, 0.1) is 0 Å². The average Bonchev–Trinajstić information content (AvgIpc) is 2.64. The SMILES string of the molecule is CC(=O)NCCCCCC(=O)OCc1ccc(-c2ccccc2)cc1. The molecule has 0 saturated carbocycles. The minimum absolute atomic E-state index is 0.0160. The molecule has 25 heavy (non-hydrogen) atoms. The van der Waals surface area contributed by atoms with Crippen molar-refractivity contribution in [3.63, 3.8) is 0 Å². The van der Waals surface area contributed by atoms with E-state index in [1.165, 1.54) is 12.5 Å². The summed E-state index contributed by atoms with van der Waals surface area (Å²) in [5, 5.41) is 2.74. The van der Waals surface area contributed by atoms with Crippen LogP contribution in [0.3, 0.4) is 0 Å². The van der Waals surface area contributed by atoms with Crippen LogP contribution in [-0.2, 0) is 20.9 Å². The van der Waals surface area contributed by atoms with Gasteiger partial charge in [0, 0.05) is 19.9 Å². The van der Waals surface area contributed by atoms with Gasteiger partial charge in [0.1, 0.15) is 6.61 Å². The van der Waals surface area contributed by atoms with Crippen molar-refractivity contribution in [1.82, 2.24) is 5.32 Å². The predicted molar refractivity (Wildman–Crippen MR) is 98.8 cm³/mol. The number of unbranched alkanes of at least 4 members (excludes halogenated alkanes) is 2. The highest BCUT2D eigenvalue weighted by atomic mass is 16.5. The van der Waals surface area contributed by atoms with E-state index in [2.05, 4.69) is 17.4 Å². The maximum atomic E-state index is 11.8. The maximum Gasteiger partial charge on any atom is 0.306 e. The number of hydrogen-bond donors (Lipinski definition) is 1. The van der Waals surface area contributed by atoms with Gasteiger partial charge in [0.25, 0.3) is 0 Å². The Morgan fingerprint density at radius 1 is 0.880 bits per heavy atom. The average molecular weight is 339 g/mol. The fourth-order valence-electron chi connectivity index (χ4n) is 2.50. The topological polar surface area (TPSA) is 55.4 Å². The first-order valence-electron chi connectivity index (χ1n) is 8.69. The summed E-state index contributed by atoms with van der Waals surface area (Å²) < 4.78 is 5.31. The van der Waals surface area contributed by atoms with Crippen LogP contribution in [0.25, 0.3) is 11.1 Å². The molecule has 0 aliphatic heterocycles. The van der Waals surface area contributed by atoms with E-state index >= 15 is 0 Å². The first-order chi connectivity index (χ1) is 12.1. The van der Waals surface area contributed by atoms with Gasteiger partial charge in [-0.2, -0.15) is 0 Å². The second kappa shape index (κ2) is 10.3. The monoisotopic (exact) mass is 339 g/mol. The van der Waals surface area contributed by atoms with E-state index in [1.807, 2.05) is 42.5 Å². The Bertz CT molecular complexity index is 665. The number of esters is 1. The third-order valence-electron chi connectivity index (χ3n) is 3.89. The zero-order valence-corrected chi connectivity index (χ0v) is 14.7. The fraction of sp³-hybridized carbons (Fsp3) is 0.333. The van der Waals surface area contributed by atoms with Crippen molar-refractivity contribution in [3.05, 3.63) is 60.2 Å². The lowest BCUT2D eigenvalue weighted by atomic mass is 10.0. The van der Waals surface area contributed by atoms with Gasteiger partial charge in [0.15, 0.2) is 0 Å². The Balaban J connectivity index is 1.65. The Kier molecular flexibility index (Phi) is 7.70. The van der Waals surface area contributed by atoms with E-state index in [0.717, 1.165) is 30.4 Å². The first kappa shape index (κ1) is 18.7. The second-order valence-electron chi connectivity index (χ2n) is 6.02. The van der Waals surface area contributed by atoms with Crippen LogP contribution in [0.4, 0.5) is 0 Å². The largest absolute Gasteiger partial charge is 0.461 e. The normalized spacial score (nSPS) is 10.3. The summed E-state index contributed by atoms with van der Waals surface area (Å²) in [6.45, 7) is 2.47. The molecule has 0 unspecified atom stereocenters.